The Bertz CT molecular complexity index is 441. The fourth-order valence-corrected chi connectivity index (χ4v) is 2.23. The van der Waals surface area contributed by atoms with Gasteiger partial charge >= 0.3 is 0 Å². The number of hydrazine groups is 1. The van der Waals surface area contributed by atoms with E-state index in [1.54, 1.807) is 29.9 Å². The molecular formula is C10H13N5S. The van der Waals surface area contributed by atoms with E-state index in [2.05, 4.69) is 20.4 Å². The molecule has 2 aromatic heterocycles. The molecule has 0 amide bonds. The highest BCUT2D eigenvalue weighted by atomic mass is 32.1. The summed E-state index contributed by atoms with van der Waals surface area (Å²) in [5, 5.41) is 3.07. The van der Waals surface area contributed by atoms with E-state index in [1.807, 2.05) is 12.3 Å². The van der Waals surface area contributed by atoms with Crippen molar-refractivity contribution in [2.24, 2.45) is 5.84 Å². The lowest BCUT2D eigenvalue weighted by Crippen LogP contribution is -2.30. The zero-order valence-corrected chi connectivity index (χ0v) is 9.74. The summed E-state index contributed by atoms with van der Waals surface area (Å²) in [7, 11) is 0. The second-order valence-electron chi connectivity index (χ2n) is 3.44. The molecule has 3 N–H and O–H groups in total. The molecule has 5 nitrogen and oxygen atoms in total. The van der Waals surface area contributed by atoms with E-state index in [-0.39, 0.29) is 6.04 Å². The van der Waals surface area contributed by atoms with Crippen molar-refractivity contribution in [1.29, 1.82) is 0 Å². The summed E-state index contributed by atoms with van der Waals surface area (Å²) >= 11 is 1.63. The molecule has 0 saturated heterocycles. The Balaban J connectivity index is 2.12. The van der Waals surface area contributed by atoms with Gasteiger partial charge in [0.15, 0.2) is 0 Å². The number of rotatable bonds is 4. The Morgan fingerprint density at radius 1 is 1.50 bits per heavy atom. The van der Waals surface area contributed by atoms with E-state index in [0.717, 1.165) is 22.8 Å². The molecule has 0 radical (unpaired) electrons. The van der Waals surface area contributed by atoms with Crippen molar-refractivity contribution in [3.05, 3.63) is 40.4 Å². The van der Waals surface area contributed by atoms with Gasteiger partial charge in [-0.15, -0.1) is 11.3 Å². The van der Waals surface area contributed by atoms with Gasteiger partial charge in [-0.2, -0.15) is 0 Å². The number of nitrogens with zero attached hydrogens (tertiary/aromatic N) is 3. The fourth-order valence-electron chi connectivity index (χ4n) is 1.41. The summed E-state index contributed by atoms with van der Waals surface area (Å²) < 4.78 is 0. The molecule has 1 atom stereocenters. The van der Waals surface area contributed by atoms with E-state index < -0.39 is 0 Å². The van der Waals surface area contributed by atoms with Crippen LogP contribution in [0.4, 0.5) is 0 Å². The Morgan fingerprint density at radius 2 is 2.38 bits per heavy atom. The van der Waals surface area contributed by atoms with Crippen LogP contribution >= 0.6 is 11.3 Å². The van der Waals surface area contributed by atoms with Gasteiger partial charge in [0.1, 0.15) is 0 Å². The third-order valence-corrected chi connectivity index (χ3v) is 3.18. The fraction of sp³-hybridized carbons (Fsp3) is 0.300. The van der Waals surface area contributed by atoms with E-state index >= 15 is 0 Å². The molecule has 2 aromatic rings. The molecule has 1 unspecified atom stereocenters. The van der Waals surface area contributed by atoms with Crippen LogP contribution in [0.5, 0.6) is 0 Å². The Kier molecular flexibility index (Phi) is 3.55. The van der Waals surface area contributed by atoms with Crippen molar-refractivity contribution in [2.45, 2.75) is 19.4 Å². The summed E-state index contributed by atoms with van der Waals surface area (Å²) in [4.78, 5) is 12.6. The van der Waals surface area contributed by atoms with Gasteiger partial charge in [0.2, 0.25) is 0 Å². The Labute approximate surface area is 97.7 Å². The smallest absolute Gasteiger partial charge is 0.0948 e. The molecule has 16 heavy (non-hydrogen) atoms. The van der Waals surface area contributed by atoms with Crippen LogP contribution in [0.15, 0.2) is 24.0 Å². The lowest BCUT2D eigenvalue weighted by molar-refractivity contribution is 0.535. The number of hydrogen-bond acceptors (Lipinski definition) is 6. The van der Waals surface area contributed by atoms with Gasteiger partial charge in [0, 0.05) is 29.9 Å². The lowest BCUT2D eigenvalue weighted by atomic mass is 10.1. The second kappa shape index (κ2) is 5.11. The molecule has 2 heterocycles. The molecule has 0 bridgehead atoms. The number of hydrogen-bond donors (Lipinski definition) is 2. The zero-order chi connectivity index (χ0) is 11.4. The summed E-state index contributed by atoms with van der Waals surface area (Å²) in [6.07, 6.45) is 5.75. The molecule has 0 aliphatic carbocycles. The van der Waals surface area contributed by atoms with Crippen molar-refractivity contribution in [3.8, 4) is 0 Å². The van der Waals surface area contributed by atoms with E-state index in [1.165, 1.54) is 0 Å². The number of nitrogens with one attached hydrogen (secondary N) is 1. The second-order valence-corrected chi connectivity index (χ2v) is 4.38. The van der Waals surface area contributed by atoms with Gasteiger partial charge in [0.25, 0.3) is 0 Å². The van der Waals surface area contributed by atoms with Crippen LogP contribution in [0.2, 0.25) is 0 Å². The first-order valence-electron chi connectivity index (χ1n) is 4.92. The maximum Gasteiger partial charge on any atom is 0.0948 e. The highest BCUT2D eigenvalue weighted by Gasteiger charge is 2.13. The third-order valence-electron chi connectivity index (χ3n) is 2.19. The summed E-state index contributed by atoms with van der Waals surface area (Å²) in [5.74, 6) is 5.52. The van der Waals surface area contributed by atoms with Crippen molar-refractivity contribution in [1.82, 2.24) is 20.4 Å². The Hall–Kier alpha value is -1.37. The first kappa shape index (κ1) is 11.1. The minimum absolute atomic E-state index is 0.0424. The maximum atomic E-state index is 5.52. The largest absolute Gasteiger partial charge is 0.271 e. The van der Waals surface area contributed by atoms with Gasteiger partial charge in [-0.3, -0.25) is 21.2 Å². The standard InChI is InChI=1S/C10H13N5S/c1-7-6-16-10(14-7)4-8(15-11)9-5-12-2-3-13-9/h2-3,5-6,8,15H,4,11H2,1H3. The number of aromatic nitrogens is 3. The van der Waals surface area contributed by atoms with E-state index in [9.17, 15) is 0 Å². The molecular weight excluding hydrogens is 222 g/mol. The molecule has 2 rings (SSSR count). The molecule has 6 heteroatoms. The van der Waals surface area contributed by atoms with Crippen molar-refractivity contribution >= 4 is 11.3 Å². The molecule has 0 fully saturated rings. The first-order valence-corrected chi connectivity index (χ1v) is 5.80. The highest BCUT2D eigenvalue weighted by Crippen LogP contribution is 2.17. The monoisotopic (exact) mass is 235 g/mol. The minimum atomic E-state index is -0.0424. The average molecular weight is 235 g/mol. The number of aryl methyl sites for hydroxylation is 1. The van der Waals surface area contributed by atoms with Gasteiger partial charge in [-0.05, 0) is 6.92 Å². The SMILES string of the molecule is Cc1csc(CC(NN)c2cnccn2)n1. The van der Waals surface area contributed by atoms with Crippen LogP contribution in [0.1, 0.15) is 22.4 Å². The quantitative estimate of drug-likeness (QED) is 0.610. The molecule has 84 valence electrons. The zero-order valence-electron chi connectivity index (χ0n) is 8.92. The highest BCUT2D eigenvalue weighted by molar-refractivity contribution is 7.09. The molecule has 0 saturated carbocycles. The molecule has 0 aliphatic rings. The van der Waals surface area contributed by atoms with Gasteiger partial charge in [-0.25, -0.2) is 4.98 Å². The Morgan fingerprint density at radius 3 is 2.94 bits per heavy atom. The van der Waals surface area contributed by atoms with Crippen LogP contribution in [0.3, 0.4) is 0 Å². The van der Waals surface area contributed by atoms with Crippen LogP contribution in [0, 0.1) is 6.92 Å². The van der Waals surface area contributed by atoms with Crippen LogP contribution < -0.4 is 11.3 Å². The van der Waals surface area contributed by atoms with Crippen LogP contribution in [-0.2, 0) is 6.42 Å². The van der Waals surface area contributed by atoms with E-state index in [0.29, 0.717) is 0 Å². The van der Waals surface area contributed by atoms with E-state index in [4.69, 9.17) is 5.84 Å². The predicted octanol–water partition coefficient (Wildman–Crippen LogP) is 0.989. The summed E-state index contributed by atoms with van der Waals surface area (Å²) in [6.45, 7) is 1.98. The molecule has 0 aromatic carbocycles. The normalized spacial score (nSPS) is 12.6. The third kappa shape index (κ3) is 2.60. The lowest BCUT2D eigenvalue weighted by Gasteiger charge is -2.12. The van der Waals surface area contributed by atoms with Gasteiger partial charge < -0.3 is 0 Å². The van der Waals surface area contributed by atoms with Crippen LogP contribution in [-0.4, -0.2) is 15.0 Å². The van der Waals surface area contributed by atoms with Crippen LogP contribution in [0.25, 0.3) is 0 Å². The topological polar surface area (TPSA) is 76.7 Å². The average Bonchev–Trinajstić information content (AvgIpc) is 2.73. The predicted molar refractivity (Wildman–Crippen MR) is 62.7 cm³/mol. The molecule has 0 spiro atoms. The summed E-state index contributed by atoms with van der Waals surface area (Å²) in [6, 6.07) is -0.0424. The molecule has 0 aliphatic heterocycles. The maximum absolute atomic E-state index is 5.52. The van der Waals surface area contributed by atoms with Crippen molar-refractivity contribution in [2.75, 3.05) is 0 Å². The first-order chi connectivity index (χ1) is 7.79. The van der Waals surface area contributed by atoms with Gasteiger partial charge in [-0.1, -0.05) is 0 Å². The van der Waals surface area contributed by atoms with Crippen molar-refractivity contribution in [3.63, 3.8) is 0 Å². The number of nitrogens with two attached hydrogens (primary N) is 1. The number of thiazole rings is 1. The van der Waals surface area contributed by atoms with Gasteiger partial charge in [0.05, 0.1) is 22.9 Å². The summed E-state index contributed by atoms with van der Waals surface area (Å²) in [5.41, 5.74) is 4.61. The van der Waals surface area contributed by atoms with Crippen molar-refractivity contribution < 1.29 is 0 Å². The minimum Gasteiger partial charge on any atom is -0.271 e.